The number of rotatable bonds is 6. The molecule has 2 rings (SSSR count). The van der Waals surface area contributed by atoms with E-state index < -0.39 is 0 Å². The summed E-state index contributed by atoms with van der Waals surface area (Å²) in [5, 5.41) is 3.56. The Bertz CT molecular complexity index is 226. The molecule has 0 aromatic heterocycles. The fourth-order valence-corrected chi connectivity index (χ4v) is 2.97. The van der Waals surface area contributed by atoms with Crippen LogP contribution < -0.4 is 5.32 Å². The van der Waals surface area contributed by atoms with E-state index in [9.17, 15) is 0 Å². The predicted octanol–water partition coefficient (Wildman–Crippen LogP) is 1.87. The van der Waals surface area contributed by atoms with E-state index in [4.69, 9.17) is 4.74 Å². The van der Waals surface area contributed by atoms with Crippen LogP contribution in [0.1, 0.15) is 40.0 Å². The van der Waals surface area contributed by atoms with Gasteiger partial charge in [-0.3, -0.25) is 4.90 Å². The smallest absolute Gasteiger partial charge is 0.0604 e. The van der Waals surface area contributed by atoms with Crippen LogP contribution in [0.5, 0.6) is 0 Å². The summed E-state index contributed by atoms with van der Waals surface area (Å²) in [6.07, 6.45) is 4.45. The molecule has 0 spiro atoms. The Labute approximate surface area is 106 Å². The molecule has 0 radical (unpaired) electrons. The van der Waals surface area contributed by atoms with Crippen LogP contribution in [-0.2, 0) is 4.74 Å². The van der Waals surface area contributed by atoms with Gasteiger partial charge in [-0.05, 0) is 45.2 Å². The number of ether oxygens (including phenoxy) is 1. The fourth-order valence-electron chi connectivity index (χ4n) is 2.97. The van der Waals surface area contributed by atoms with E-state index in [1.54, 1.807) is 0 Å². The van der Waals surface area contributed by atoms with E-state index in [2.05, 4.69) is 31.0 Å². The largest absolute Gasteiger partial charge is 0.378 e. The van der Waals surface area contributed by atoms with Crippen LogP contribution in [-0.4, -0.2) is 49.3 Å². The van der Waals surface area contributed by atoms with Gasteiger partial charge in [-0.1, -0.05) is 13.8 Å². The van der Waals surface area contributed by atoms with Crippen molar-refractivity contribution < 1.29 is 4.74 Å². The maximum absolute atomic E-state index is 5.63. The summed E-state index contributed by atoms with van der Waals surface area (Å²) in [6.45, 7) is 11.2. The van der Waals surface area contributed by atoms with Crippen LogP contribution in [0, 0.1) is 5.92 Å². The summed E-state index contributed by atoms with van der Waals surface area (Å²) in [5.41, 5.74) is 0. The zero-order valence-electron chi connectivity index (χ0n) is 11.6. The van der Waals surface area contributed by atoms with Gasteiger partial charge in [0, 0.05) is 25.2 Å². The molecule has 0 aromatic rings. The molecule has 1 heterocycles. The first-order valence-electron chi connectivity index (χ1n) is 7.28. The third-order valence-corrected chi connectivity index (χ3v) is 4.12. The average Bonchev–Trinajstić information content (AvgIpc) is 2.68. The standard InChI is InChI=1S/C14H28N2O/c1-4-17-14-7-13(8-14)16-6-5-12(10-16)9-15-11(2)3/h11-15H,4-10H2,1-3H3. The van der Waals surface area contributed by atoms with E-state index >= 15 is 0 Å². The van der Waals surface area contributed by atoms with Crippen molar-refractivity contribution in [1.82, 2.24) is 10.2 Å². The second-order valence-electron chi connectivity index (χ2n) is 5.92. The summed E-state index contributed by atoms with van der Waals surface area (Å²) >= 11 is 0. The predicted molar refractivity (Wildman–Crippen MR) is 71.3 cm³/mol. The van der Waals surface area contributed by atoms with Gasteiger partial charge in [0.1, 0.15) is 0 Å². The minimum Gasteiger partial charge on any atom is -0.378 e. The Morgan fingerprint density at radius 1 is 1.35 bits per heavy atom. The van der Waals surface area contributed by atoms with Crippen LogP contribution in [0.4, 0.5) is 0 Å². The number of nitrogens with zero attached hydrogens (tertiary/aromatic N) is 1. The molecule has 1 aliphatic heterocycles. The zero-order chi connectivity index (χ0) is 12.3. The summed E-state index contributed by atoms with van der Waals surface area (Å²) < 4.78 is 5.63. The third-order valence-electron chi connectivity index (χ3n) is 4.12. The first kappa shape index (κ1) is 13.3. The second-order valence-corrected chi connectivity index (χ2v) is 5.92. The SMILES string of the molecule is CCOC1CC(N2CCC(CNC(C)C)C2)C1. The van der Waals surface area contributed by atoms with E-state index in [1.807, 2.05) is 0 Å². The van der Waals surface area contributed by atoms with Crippen molar-refractivity contribution in [3.05, 3.63) is 0 Å². The Kier molecular flexibility index (Phi) is 4.83. The van der Waals surface area contributed by atoms with Crippen LogP contribution >= 0.6 is 0 Å². The highest BCUT2D eigenvalue weighted by Crippen LogP contribution is 2.31. The van der Waals surface area contributed by atoms with Gasteiger partial charge in [0.2, 0.25) is 0 Å². The minimum absolute atomic E-state index is 0.554. The van der Waals surface area contributed by atoms with Gasteiger partial charge in [-0.25, -0.2) is 0 Å². The molecule has 2 aliphatic rings. The van der Waals surface area contributed by atoms with E-state index in [0.29, 0.717) is 12.1 Å². The number of hydrogen-bond donors (Lipinski definition) is 1. The lowest BCUT2D eigenvalue weighted by atomic mass is 9.88. The molecule has 0 aromatic carbocycles. The van der Waals surface area contributed by atoms with E-state index in [1.165, 1.54) is 38.9 Å². The maximum Gasteiger partial charge on any atom is 0.0604 e. The summed E-state index contributed by atoms with van der Waals surface area (Å²) in [4.78, 5) is 2.68. The normalized spacial score (nSPS) is 34.2. The Morgan fingerprint density at radius 3 is 2.76 bits per heavy atom. The number of nitrogens with one attached hydrogen (secondary N) is 1. The molecule has 100 valence electrons. The molecule has 2 fully saturated rings. The molecule has 1 atom stereocenters. The van der Waals surface area contributed by atoms with Crippen molar-refractivity contribution in [1.29, 1.82) is 0 Å². The molecule has 1 unspecified atom stereocenters. The molecule has 3 nitrogen and oxygen atoms in total. The molecule has 1 saturated carbocycles. The van der Waals surface area contributed by atoms with Gasteiger partial charge in [0.25, 0.3) is 0 Å². The molecule has 17 heavy (non-hydrogen) atoms. The highest BCUT2D eigenvalue weighted by atomic mass is 16.5. The molecular formula is C14H28N2O. The highest BCUT2D eigenvalue weighted by molar-refractivity contribution is 4.92. The van der Waals surface area contributed by atoms with Crippen molar-refractivity contribution in [2.24, 2.45) is 5.92 Å². The Balaban J connectivity index is 1.62. The summed E-state index contributed by atoms with van der Waals surface area (Å²) in [6, 6.07) is 1.44. The van der Waals surface area contributed by atoms with Gasteiger partial charge in [0.15, 0.2) is 0 Å². The minimum atomic E-state index is 0.554. The lowest BCUT2D eigenvalue weighted by Crippen LogP contribution is -2.47. The molecule has 1 aliphatic carbocycles. The van der Waals surface area contributed by atoms with Crippen molar-refractivity contribution >= 4 is 0 Å². The second kappa shape index (κ2) is 6.17. The molecule has 1 saturated heterocycles. The fraction of sp³-hybridized carbons (Fsp3) is 1.00. The molecule has 1 N–H and O–H groups in total. The van der Waals surface area contributed by atoms with Crippen LogP contribution in [0.15, 0.2) is 0 Å². The average molecular weight is 240 g/mol. The first-order chi connectivity index (χ1) is 8.19. The van der Waals surface area contributed by atoms with Gasteiger partial charge in [-0.15, -0.1) is 0 Å². The quantitative estimate of drug-likeness (QED) is 0.767. The number of likely N-dealkylation sites (tertiary alicyclic amines) is 1. The Hall–Kier alpha value is -0.120. The van der Waals surface area contributed by atoms with Gasteiger partial charge < -0.3 is 10.1 Å². The third kappa shape index (κ3) is 3.67. The van der Waals surface area contributed by atoms with Crippen molar-refractivity contribution in [3.8, 4) is 0 Å². The summed E-state index contributed by atoms with van der Waals surface area (Å²) in [7, 11) is 0. The molecule has 0 amide bonds. The highest BCUT2D eigenvalue weighted by Gasteiger charge is 2.37. The van der Waals surface area contributed by atoms with Gasteiger partial charge >= 0.3 is 0 Å². The monoisotopic (exact) mass is 240 g/mol. The van der Waals surface area contributed by atoms with Crippen LogP contribution in [0.25, 0.3) is 0 Å². The number of hydrogen-bond acceptors (Lipinski definition) is 3. The van der Waals surface area contributed by atoms with Crippen molar-refractivity contribution in [2.75, 3.05) is 26.2 Å². The Morgan fingerprint density at radius 2 is 2.12 bits per heavy atom. The zero-order valence-corrected chi connectivity index (χ0v) is 11.6. The lowest BCUT2D eigenvalue weighted by Gasteiger charge is -2.41. The lowest BCUT2D eigenvalue weighted by molar-refractivity contribution is -0.0415. The molecular weight excluding hydrogens is 212 g/mol. The van der Waals surface area contributed by atoms with Crippen molar-refractivity contribution in [3.63, 3.8) is 0 Å². The maximum atomic E-state index is 5.63. The molecule has 3 heteroatoms. The van der Waals surface area contributed by atoms with Crippen LogP contribution in [0.2, 0.25) is 0 Å². The topological polar surface area (TPSA) is 24.5 Å². The van der Waals surface area contributed by atoms with Crippen molar-refractivity contribution in [2.45, 2.75) is 58.2 Å². The van der Waals surface area contributed by atoms with E-state index in [-0.39, 0.29) is 0 Å². The van der Waals surface area contributed by atoms with Gasteiger partial charge in [-0.2, -0.15) is 0 Å². The first-order valence-corrected chi connectivity index (χ1v) is 7.28. The molecule has 0 bridgehead atoms. The van der Waals surface area contributed by atoms with Gasteiger partial charge in [0.05, 0.1) is 6.10 Å². The van der Waals surface area contributed by atoms with Crippen LogP contribution in [0.3, 0.4) is 0 Å². The van der Waals surface area contributed by atoms with E-state index in [0.717, 1.165) is 18.6 Å². The summed E-state index contributed by atoms with van der Waals surface area (Å²) in [5.74, 6) is 0.864.